The molecule has 5 atom stereocenters. The van der Waals surface area contributed by atoms with Crippen LogP contribution >= 0.6 is 0 Å². The van der Waals surface area contributed by atoms with Crippen LogP contribution in [0, 0.1) is 11.8 Å². The lowest BCUT2D eigenvalue weighted by molar-refractivity contribution is -0.141. The second kappa shape index (κ2) is 8.31. The van der Waals surface area contributed by atoms with Gasteiger partial charge in [-0.05, 0) is 47.9 Å². The van der Waals surface area contributed by atoms with E-state index in [1.807, 2.05) is 19.1 Å². The first-order valence-electron chi connectivity index (χ1n) is 10.9. The lowest BCUT2D eigenvalue weighted by Gasteiger charge is -2.40. The molecule has 1 fully saturated rings. The second-order valence-electron chi connectivity index (χ2n) is 8.63. The van der Waals surface area contributed by atoms with Crippen molar-refractivity contribution in [2.75, 3.05) is 34.2 Å². The number of fused-ring (bicyclic) bond motifs is 3. The maximum atomic E-state index is 13.0. The monoisotopic (exact) mass is 457 g/mol. The molecular weight excluding hydrogens is 430 g/mol. The standard InChI is InChI=1S/C24H27NO8/c1-11(8-26)25-22-14-7-17-16(32-10-33-17)6-13(14)20(21-15(22)9-31-24(21)28)12-4-18(29-2)23(27)19(5-12)30-3/h4-7,11,15,20-22,25-27H,8-10H2,1-3H3/t11-,15+,20-,21+,22-/m1/s1. The van der Waals surface area contributed by atoms with E-state index < -0.39 is 5.92 Å². The van der Waals surface area contributed by atoms with Crippen molar-refractivity contribution in [3.63, 3.8) is 0 Å². The fourth-order valence-corrected chi connectivity index (χ4v) is 5.23. The molecule has 0 unspecified atom stereocenters. The van der Waals surface area contributed by atoms with Crippen LogP contribution in [0.15, 0.2) is 24.3 Å². The number of phenols is 1. The van der Waals surface area contributed by atoms with Crippen LogP contribution < -0.4 is 24.3 Å². The summed E-state index contributed by atoms with van der Waals surface area (Å²) in [5, 5.41) is 23.6. The Bertz CT molecular complexity index is 1060. The van der Waals surface area contributed by atoms with Crippen molar-refractivity contribution in [3.8, 4) is 28.7 Å². The molecule has 2 aromatic carbocycles. The Morgan fingerprint density at radius 1 is 1.06 bits per heavy atom. The van der Waals surface area contributed by atoms with Gasteiger partial charge in [-0.2, -0.15) is 0 Å². The van der Waals surface area contributed by atoms with Gasteiger partial charge in [0.15, 0.2) is 23.0 Å². The van der Waals surface area contributed by atoms with Crippen molar-refractivity contribution in [1.82, 2.24) is 5.32 Å². The summed E-state index contributed by atoms with van der Waals surface area (Å²) in [6, 6.07) is 6.89. The quantitative estimate of drug-likeness (QED) is 0.561. The molecule has 0 aromatic heterocycles. The summed E-state index contributed by atoms with van der Waals surface area (Å²) < 4.78 is 27.6. The summed E-state index contributed by atoms with van der Waals surface area (Å²) in [7, 11) is 2.93. The van der Waals surface area contributed by atoms with E-state index in [0.717, 1.165) is 16.7 Å². The number of aromatic hydroxyl groups is 1. The maximum absolute atomic E-state index is 13.0. The molecule has 0 bridgehead atoms. The Labute approximate surface area is 191 Å². The van der Waals surface area contributed by atoms with Crippen molar-refractivity contribution < 1.29 is 38.7 Å². The maximum Gasteiger partial charge on any atom is 0.310 e. The fraction of sp³-hybridized carbons (Fsp3) is 0.458. The lowest BCUT2D eigenvalue weighted by atomic mass is 9.65. The second-order valence-corrected chi connectivity index (χ2v) is 8.63. The third-order valence-corrected chi connectivity index (χ3v) is 6.79. The van der Waals surface area contributed by atoms with E-state index in [1.54, 1.807) is 12.1 Å². The number of cyclic esters (lactones) is 1. The first-order valence-corrected chi connectivity index (χ1v) is 10.9. The van der Waals surface area contributed by atoms with Crippen LogP contribution in [0.5, 0.6) is 28.7 Å². The smallest absolute Gasteiger partial charge is 0.310 e. The molecule has 1 aliphatic carbocycles. The fourth-order valence-electron chi connectivity index (χ4n) is 5.23. The van der Waals surface area contributed by atoms with Crippen LogP contribution in [0.25, 0.3) is 0 Å². The Morgan fingerprint density at radius 2 is 1.70 bits per heavy atom. The largest absolute Gasteiger partial charge is 0.502 e. The Morgan fingerprint density at radius 3 is 2.30 bits per heavy atom. The summed E-state index contributed by atoms with van der Waals surface area (Å²) in [6.07, 6.45) is 0. The number of rotatable bonds is 6. The highest BCUT2D eigenvalue weighted by atomic mass is 16.7. The van der Waals surface area contributed by atoms with Crippen molar-refractivity contribution in [2.45, 2.75) is 24.9 Å². The predicted molar refractivity (Wildman–Crippen MR) is 116 cm³/mol. The molecule has 2 heterocycles. The zero-order chi connectivity index (χ0) is 23.3. The number of aliphatic hydroxyl groups is 1. The van der Waals surface area contributed by atoms with Gasteiger partial charge >= 0.3 is 5.97 Å². The number of ether oxygens (including phenoxy) is 5. The van der Waals surface area contributed by atoms with Gasteiger partial charge in [0.2, 0.25) is 12.5 Å². The van der Waals surface area contributed by atoms with Gasteiger partial charge in [0, 0.05) is 23.9 Å². The zero-order valence-corrected chi connectivity index (χ0v) is 18.7. The normalized spacial score (nSPS) is 25.8. The molecule has 176 valence electrons. The molecule has 9 nitrogen and oxygen atoms in total. The first kappa shape index (κ1) is 21.7. The van der Waals surface area contributed by atoms with Crippen LogP contribution in [-0.2, 0) is 9.53 Å². The van der Waals surface area contributed by atoms with Crippen molar-refractivity contribution >= 4 is 5.97 Å². The van der Waals surface area contributed by atoms with Crippen molar-refractivity contribution in [1.29, 1.82) is 0 Å². The third-order valence-electron chi connectivity index (χ3n) is 6.79. The average Bonchev–Trinajstić information content (AvgIpc) is 3.44. The van der Waals surface area contributed by atoms with Gasteiger partial charge < -0.3 is 39.2 Å². The molecule has 5 rings (SSSR count). The number of hydrogen-bond acceptors (Lipinski definition) is 9. The summed E-state index contributed by atoms with van der Waals surface area (Å²) in [4.78, 5) is 13.0. The molecule has 9 heteroatoms. The molecule has 3 N–H and O–H groups in total. The number of phenolic OH excluding ortho intramolecular Hbond substituents is 1. The SMILES string of the molecule is COc1cc([C@@H]2c3cc4c(cc3[C@@H](N[C@H](C)CO)[C@H]3COC(=O)[C@H]23)OCO4)cc(OC)c1O. The lowest BCUT2D eigenvalue weighted by Crippen LogP contribution is -2.44. The van der Waals surface area contributed by atoms with Crippen LogP contribution in [0.2, 0.25) is 0 Å². The number of nitrogens with one attached hydrogen (secondary N) is 1. The molecule has 0 radical (unpaired) electrons. The van der Waals surface area contributed by atoms with Crippen LogP contribution in [0.1, 0.15) is 35.6 Å². The van der Waals surface area contributed by atoms with Gasteiger partial charge in [-0.1, -0.05) is 0 Å². The summed E-state index contributed by atoms with van der Waals surface area (Å²) in [6.45, 7) is 2.24. The van der Waals surface area contributed by atoms with Gasteiger partial charge in [-0.25, -0.2) is 0 Å². The highest BCUT2D eigenvalue weighted by Gasteiger charge is 2.52. The summed E-state index contributed by atoms with van der Waals surface area (Å²) >= 11 is 0. The highest BCUT2D eigenvalue weighted by Crippen LogP contribution is 2.55. The van der Waals surface area contributed by atoms with Crippen molar-refractivity contribution in [2.24, 2.45) is 11.8 Å². The predicted octanol–water partition coefficient (Wildman–Crippen LogP) is 2.08. The number of aliphatic hydroxyl groups excluding tert-OH is 1. The van der Waals surface area contributed by atoms with Crippen LogP contribution in [0.4, 0.5) is 0 Å². The number of carbonyl (C=O) groups excluding carboxylic acids is 1. The average molecular weight is 457 g/mol. The molecule has 0 amide bonds. The Balaban J connectivity index is 1.73. The number of esters is 1. The number of hydrogen-bond donors (Lipinski definition) is 3. The van der Waals surface area contributed by atoms with E-state index >= 15 is 0 Å². The van der Waals surface area contributed by atoms with Gasteiger partial charge in [-0.3, -0.25) is 4.79 Å². The van der Waals surface area contributed by atoms with Gasteiger partial charge in [0.05, 0.1) is 33.4 Å². The summed E-state index contributed by atoms with van der Waals surface area (Å²) in [5.74, 6) is 0.314. The van der Waals surface area contributed by atoms with E-state index in [-0.39, 0.29) is 67.1 Å². The van der Waals surface area contributed by atoms with Gasteiger partial charge in [0.1, 0.15) is 0 Å². The number of carbonyl (C=O) groups is 1. The minimum Gasteiger partial charge on any atom is -0.502 e. The molecule has 33 heavy (non-hydrogen) atoms. The van der Waals surface area contributed by atoms with Crippen LogP contribution in [0.3, 0.4) is 0 Å². The topological polar surface area (TPSA) is 116 Å². The molecule has 1 saturated heterocycles. The number of benzene rings is 2. The minimum atomic E-state index is -0.486. The molecular formula is C24H27NO8. The van der Waals surface area contributed by atoms with E-state index in [2.05, 4.69) is 5.32 Å². The van der Waals surface area contributed by atoms with Gasteiger partial charge in [-0.15, -0.1) is 0 Å². The number of methoxy groups -OCH3 is 2. The van der Waals surface area contributed by atoms with E-state index in [1.165, 1.54) is 14.2 Å². The summed E-state index contributed by atoms with van der Waals surface area (Å²) in [5.41, 5.74) is 2.59. The Kier molecular flexibility index (Phi) is 5.46. The Hall–Kier alpha value is -3.17. The molecule has 2 aliphatic heterocycles. The molecule has 0 saturated carbocycles. The van der Waals surface area contributed by atoms with Gasteiger partial charge in [0.25, 0.3) is 0 Å². The zero-order valence-electron chi connectivity index (χ0n) is 18.7. The van der Waals surface area contributed by atoms with Crippen molar-refractivity contribution in [3.05, 3.63) is 41.0 Å². The van der Waals surface area contributed by atoms with E-state index in [0.29, 0.717) is 11.5 Å². The van der Waals surface area contributed by atoms with E-state index in [4.69, 9.17) is 23.7 Å². The van der Waals surface area contributed by atoms with E-state index in [9.17, 15) is 15.0 Å². The molecule has 3 aliphatic rings. The molecule has 0 spiro atoms. The third kappa shape index (κ3) is 3.43. The van der Waals surface area contributed by atoms with Crippen LogP contribution in [-0.4, -0.2) is 56.5 Å². The highest BCUT2D eigenvalue weighted by molar-refractivity contribution is 5.79. The molecule has 2 aromatic rings. The first-order chi connectivity index (χ1) is 16.0. The minimum absolute atomic E-state index is 0.0433.